The number of aromatic nitrogens is 3. The van der Waals surface area contributed by atoms with Gasteiger partial charge in [0.2, 0.25) is 0 Å². The molecule has 0 bridgehead atoms. The fourth-order valence-electron chi connectivity index (χ4n) is 4.97. The van der Waals surface area contributed by atoms with Crippen LogP contribution in [-0.4, -0.2) is 27.6 Å². The summed E-state index contributed by atoms with van der Waals surface area (Å²) in [7, 11) is 0. The first kappa shape index (κ1) is 19.3. The Labute approximate surface area is 186 Å². The number of hydrogen-bond donors (Lipinski definition) is 2. The van der Waals surface area contributed by atoms with E-state index in [1.165, 1.54) is 33.7 Å². The second-order valence-electron chi connectivity index (χ2n) is 8.72. The Morgan fingerprint density at radius 3 is 2.78 bits per heavy atom. The lowest BCUT2D eigenvalue weighted by Gasteiger charge is -2.21. The second kappa shape index (κ2) is 7.92. The normalized spacial score (nSPS) is 15.0. The van der Waals surface area contributed by atoms with E-state index in [2.05, 4.69) is 62.4 Å². The van der Waals surface area contributed by atoms with Crippen LogP contribution in [0.25, 0.3) is 33.1 Å². The minimum atomic E-state index is -0.198. The molecule has 5 heteroatoms. The maximum absolute atomic E-state index is 13.7. The molecule has 0 aliphatic carbocycles. The predicted octanol–water partition coefficient (Wildman–Crippen LogP) is 5.84. The van der Waals surface area contributed by atoms with E-state index in [4.69, 9.17) is 0 Å². The SMILES string of the molecule is Fc1cccc(Cn2ccc3ccc(-c4ccnc5[nH]c(C6CCNCC6)cc45)cc32)c1. The van der Waals surface area contributed by atoms with Crippen LogP contribution in [0.15, 0.2) is 73.1 Å². The molecule has 1 aliphatic rings. The fraction of sp³-hybridized carbons (Fsp3) is 0.222. The summed E-state index contributed by atoms with van der Waals surface area (Å²) in [5.74, 6) is 0.361. The third-order valence-electron chi connectivity index (χ3n) is 6.66. The van der Waals surface area contributed by atoms with E-state index in [0.717, 1.165) is 42.7 Å². The molecule has 1 aliphatic heterocycles. The summed E-state index contributed by atoms with van der Waals surface area (Å²) in [5, 5.41) is 5.79. The molecule has 2 N–H and O–H groups in total. The number of nitrogens with one attached hydrogen (secondary N) is 2. The first-order valence-electron chi connectivity index (χ1n) is 11.3. The van der Waals surface area contributed by atoms with Gasteiger partial charge in [-0.15, -0.1) is 0 Å². The standard InChI is InChI=1S/C27H25FN4/c28-22-3-1-2-18(14-22)17-32-13-9-20-4-5-21(15-26(20)32)23-8-12-30-27-24(23)16-25(31-27)19-6-10-29-11-7-19/h1-5,8-9,12-16,19,29H,6-7,10-11,17H2,(H,30,31). The van der Waals surface area contributed by atoms with E-state index in [1.54, 1.807) is 12.1 Å². The van der Waals surface area contributed by atoms with Gasteiger partial charge in [-0.05, 0) is 84.4 Å². The van der Waals surface area contributed by atoms with Crippen molar-refractivity contribution in [2.45, 2.75) is 25.3 Å². The Balaban J connectivity index is 1.40. The third kappa shape index (κ3) is 3.49. The lowest BCUT2D eigenvalue weighted by molar-refractivity contribution is 0.455. The van der Waals surface area contributed by atoms with Crippen LogP contribution in [0.2, 0.25) is 0 Å². The molecule has 0 saturated carbocycles. The van der Waals surface area contributed by atoms with Gasteiger partial charge in [0.1, 0.15) is 11.5 Å². The van der Waals surface area contributed by atoms with E-state index in [-0.39, 0.29) is 5.82 Å². The zero-order valence-electron chi connectivity index (χ0n) is 17.8. The van der Waals surface area contributed by atoms with Crippen molar-refractivity contribution in [1.29, 1.82) is 0 Å². The van der Waals surface area contributed by atoms with E-state index < -0.39 is 0 Å². The van der Waals surface area contributed by atoms with Gasteiger partial charge in [0.05, 0.1) is 0 Å². The molecule has 2 aromatic carbocycles. The van der Waals surface area contributed by atoms with Gasteiger partial charge in [0, 0.05) is 41.5 Å². The number of hydrogen-bond acceptors (Lipinski definition) is 2. The number of pyridine rings is 1. The zero-order valence-corrected chi connectivity index (χ0v) is 17.8. The van der Waals surface area contributed by atoms with Crippen LogP contribution >= 0.6 is 0 Å². The van der Waals surface area contributed by atoms with Crippen molar-refractivity contribution in [3.05, 3.63) is 90.1 Å². The Bertz CT molecular complexity index is 1410. The van der Waals surface area contributed by atoms with Gasteiger partial charge in [-0.25, -0.2) is 9.37 Å². The lowest BCUT2D eigenvalue weighted by Crippen LogP contribution is -2.26. The van der Waals surface area contributed by atoms with Crippen molar-refractivity contribution in [1.82, 2.24) is 19.9 Å². The Morgan fingerprint density at radius 2 is 1.91 bits per heavy atom. The summed E-state index contributed by atoms with van der Waals surface area (Å²) in [6.45, 7) is 2.78. The van der Waals surface area contributed by atoms with E-state index in [0.29, 0.717) is 12.5 Å². The van der Waals surface area contributed by atoms with Gasteiger partial charge in [0.15, 0.2) is 0 Å². The molecular formula is C27H25FN4. The van der Waals surface area contributed by atoms with Crippen LogP contribution < -0.4 is 5.32 Å². The molecule has 0 unspecified atom stereocenters. The minimum absolute atomic E-state index is 0.198. The number of rotatable bonds is 4. The Morgan fingerprint density at radius 1 is 1.00 bits per heavy atom. The van der Waals surface area contributed by atoms with Crippen LogP contribution in [0, 0.1) is 5.82 Å². The van der Waals surface area contributed by atoms with Crippen molar-refractivity contribution in [3.8, 4) is 11.1 Å². The van der Waals surface area contributed by atoms with Crippen LogP contribution in [0.5, 0.6) is 0 Å². The van der Waals surface area contributed by atoms with Gasteiger partial charge >= 0.3 is 0 Å². The number of aromatic amines is 1. The van der Waals surface area contributed by atoms with Crippen molar-refractivity contribution in [2.24, 2.45) is 0 Å². The monoisotopic (exact) mass is 424 g/mol. The summed E-state index contributed by atoms with van der Waals surface area (Å²) in [4.78, 5) is 8.18. The number of nitrogens with zero attached hydrogens (tertiary/aromatic N) is 2. The second-order valence-corrected chi connectivity index (χ2v) is 8.72. The average molecular weight is 425 g/mol. The molecule has 1 fully saturated rings. The molecule has 0 amide bonds. The molecule has 5 aromatic rings. The molecule has 6 rings (SSSR count). The highest BCUT2D eigenvalue weighted by Gasteiger charge is 2.19. The summed E-state index contributed by atoms with van der Waals surface area (Å²) in [6.07, 6.45) is 6.27. The average Bonchev–Trinajstić information content (AvgIpc) is 3.44. The molecular weight excluding hydrogens is 399 g/mol. The molecule has 3 aromatic heterocycles. The van der Waals surface area contributed by atoms with Crippen LogP contribution in [0.4, 0.5) is 4.39 Å². The fourth-order valence-corrected chi connectivity index (χ4v) is 4.97. The van der Waals surface area contributed by atoms with Crippen molar-refractivity contribution in [2.75, 3.05) is 13.1 Å². The van der Waals surface area contributed by atoms with Gasteiger partial charge in [0.25, 0.3) is 0 Å². The van der Waals surface area contributed by atoms with Gasteiger partial charge in [-0.1, -0.05) is 24.3 Å². The van der Waals surface area contributed by atoms with Crippen LogP contribution in [0.1, 0.15) is 30.0 Å². The van der Waals surface area contributed by atoms with Crippen LogP contribution in [0.3, 0.4) is 0 Å². The number of halogens is 1. The minimum Gasteiger partial charge on any atom is -0.343 e. The van der Waals surface area contributed by atoms with Gasteiger partial charge in [-0.3, -0.25) is 0 Å². The van der Waals surface area contributed by atoms with E-state index in [1.807, 2.05) is 12.3 Å². The van der Waals surface area contributed by atoms with Gasteiger partial charge < -0.3 is 14.9 Å². The van der Waals surface area contributed by atoms with Crippen molar-refractivity contribution in [3.63, 3.8) is 0 Å². The topological polar surface area (TPSA) is 45.6 Å². The smallest absolute Gasteiger partial charge is 0.138 e. The summed E-state index contributed by atoms with van der Waals surface area (Å²) >= 11 is 0. The van der Waals surface area contributed by atoms with E-state index in [9.17, 15) is 4.39 Å². The molecule has 1 saturated heterocycles. The number of benzene rings is 2. The number of fused-ring (bicyclic) bond motifs is 2. The summed E-state index contributed by atoms with van der Waals surface area (Å²) < 4.78 is 15.8. The summed E-state index contributed by atoms with van der Waals surface area (Å²) in [5.41, 5.74) is 6.69. The van der Waals surface area contributed by atoms with Crippen molar-refractivity contribution >= 4 is 21.9 Å². The first-order chi connectivity index (χ1) is 15.7. The molecule has 32 heavy (non-hydrogen) atoms. The molecule has 4 nitrogen and oxygen atoms in total. The van der Waals surface area contributed by atoms with Crippen LogP contribution in [-0.2, 0) is 6.54 Å². The Hall–Kier alpha value is -3.44. The lowest BCUT2D eigenvalue weighted by atomic mass is 9.94. The Kier molecular flexibility index (Phi) is 4.76. The highest BCUT2D eigenvalue weighted by atomic mass is 19.1. The maximum Gasteiger partial charge on any atom is 0.138 e. The maximum atomic E-state index is 13.7. The highest BCUT2D eigenvalue weighted by Crippen LogP contribution is 2.34. The number of piperidine rings is 1. The van der Waals surface area contributed by atoms with Gasteiger partial charge in [-0.2, -0.15) is 0 Å². The highest BCUT2D eigenvalue weighted by molar-refractivity contribution is 5.96. The molecule has 0 radical (unpaired) electrons. The summed E-state index contributed by atoms with van der Waals surface area (Å²) in [6, 6.07) is 19.9. The molecule has 0 spiro atoms. The molecule has 0 atom stereocenters. The quantitative estimate of drug-likeness (QED) is 0.381. The van der Waals surface area contributed by atoms with E-state index >= 15 is 0 Å². The van der Waals surface area contributed by atoms with Crippen molar-refractivity contribution < 1.29 is 4.39 Å². The number of H-pyrrole nitrogens is 1. The largest absolute Gasteiger partial charge is 0.343 e. The zero-order chi connectivity index (χ0) is 21.5. The predicted molar refractivity (Wildman–Crippen MR) is 127 cm³/mol. The molecule has 4 heterocycles. The third-order valence-corrected chi connectivity index (χ3v) is 6.66. The molecule has 160 valence electrons. The first-order valence-corrected chi connectivity index (χ1v) is 11.3.